The molecule has 1 unspecified atom stereocenters. The van der Waals surface area contributed by atoms with Crippen LogP contribution in [0.1, 0.15) is 29.2 Å². The Balaban J connectivity index is 1.57. The van der Waals surface area contributed by atoms with E-state index in [1.165, 1.54) is 16.7 Å². The number of carbonyl (C=O) groups excluding carboxylic acids is 1. The minimum Gasteiger partial charge on any atom is -0.349 e. The van der Waals surface area contributed by atoms with Crippen LogP contribution >= 0.6 is 27.7 Å². The molecule has 3 rings (SSSR count). The zero-order valence-electron chi connectivity index (χ0n) is 12.4. The van der Waals surface area contributed by atoms with Gasteiger partial charge in [-0.05, 0) is 54.7 Å². The van der Waals surface area contributed by atoms with Gasteiger partial charge >= 0.3 is 0 Å². The van der Waals surface area contributed by atoms with Gasteiger partial charge in [0.15, 0.2) is 0 Å². The van der Waals surface area contributed by atoms with Crippen molar-refractivity contribution in [2.45, 2.75) is 30.7 Å². The maximum Gasteiger partial charge on any atom is 0.230 e. The maximum absolute atomic E-state index is 12.2. The van der Waals surface area contributed by atoms with Gasteiger partial charge in [0.05, 0.1) is 11.8 Å². The summed E-state index contributed by atoms with van der Waals surface area (Å²) in [6, 6.07) is 14.7. The highest BCUT2D eigenvalue weighted by Crippen LogP contribution is 2.31. The monoisotopic (exact) mass is 375 g/mol. The van der Waals surface area contributed by atoms with E-state index in [-0.39, 0.29) is 11.9 Å². The van der Waals surface area contributed by atoms with Crippen LogP contribution < -0.4 is 5.32 Å². The van der Waals surface area contributed by atoms with E-state index in [4.69, 9.17) is 0 Å². The van der Waals surface area contributed by atoms with Gasteiger partial charge in [0, 0.05) is 9.37 Å². The van der Waals surface area contributed by atoms with Gasteiger partial charge in [0.1, 0.15) is 0 Å². The topological polar surface area (TPSA) is 29.1 Å². The summed E-state index contributed by atoms with van der Waals surface area (Å²) < 4.78 is 1.07. The lowest BCUT2D eigenvalue weighted by Crippen LogP contribution is -2.28. The quantitative estimate of drug-likeness (QED) is 0.787. The van der Waals surface area contributed by atoms with E-state index >= 15 is 0 Å². The first kappa shape index (κ1) is 15.6. The van der Waals surface area contributed by atoms with Gasteiger partial charge in [0.25, 0.3) is 0 Å². The minimum atomic E-state index is 0.106. The highest BCUT2D eigenvalue weighted by atomic mass is 79.9. The average molecular weight is 376 g/mol. The van der Waals surface area contributed by atoms with Crippen molar-refractivity contribution in [3.05, 3.63) is 63.6 Å². The van der Waals surface area contributed by atoms with Gasteiger partial charge in [-0.3, -0.25) is 4.79 Å². The Morgan fingerprint density at radius 3 is 2.95 bits per heavy atom. The van der Waals surface area contributed by atoms with Crippen LogP contribution in [0, 0.1) is 6.92 Å². The molecule has 0 saturated carbocycles. The zero-order chi connectivity index (χ0) is 15.5. The molecule has 0 bridgehead atoms. The number of rotatable bonds is 4. The SMILES string of the molecule is Cc1cc(Br)ccc1SCC(=O)NC1CCc2ccccc21. The molecule has 0 heterocycles. The highest BCUT2D eigenvalue weighted by molar-refractivity contribution is 9.10. The molecule has 1 aliphatic carbocycles. The average Bonchev–Trinajstić information content (AvgIpc) is 2.90. The third-order valence-corrected chi connectivity index (χ3v) is 5.63. The molecule has 4 heteroatoms. The zero-order valence-corrected chi connectivity index (χ0v) is 14.8. The van der Waals surface area contributed by atoms with E-state index in [1.54, 1.807) is 11.8 Å². The number of hydrogen-bond acceptors (Lipinski definition) is 2. The molecule has 22 heavy (non-hydrogen) atoms. The van der Waals surface area contributed by atoms with E-state index in [0.29, 0.717) is 5.75 Å². The third kappa shape index (κ3) is 3.55. The number of halogens is 1. The molecule has 2 nitrogen and oxygen atoms in total. The van der Waals surface area contributed by atoms with Crippen LogP contribution in [-0.2, 0) is 11.2 Å². The van der Waals surface area contributed by atoms with Crippen molar-refractivity contribution < 1.29 is 4.79 Å². The number of aryl methyl sites for hydroxylation is 2. The summed E-state index contributed by atoms with van der Waals surface area (Å²) in [5, 5.41) is 3.17. The molecule has 0 fully saturated rings. The summed E-state index contributed by atoms with van der Waals surface area (Å²) in [6.45, 7) is 2.07. The Hall–Kier alpha value is -1.26. The number of amides is 1. The normalized spacial score (nSPS) is 16.4. The number of thioether (sulfide) groups is 1. The minimum absolute atomic E-state index is 0.106. The Labute approximate surface area is 143 Å². The number of nitrogens with one attached hydrogen (secondary N) is 1. The molecular weight excluding hydrogens is 358 g/mol. The summed E-state index contributed by atoms with van der Waals surface area (Å²) in [7, 11) is 0. The second-order valence-corrected chi connectivity index (χ2v) is 7.49. The first-order chi connectivity index (χ1) is 10.6. The van der Waals surface area contributed by atoms with Crippen molar-refractivity contribution in [1.29, 1.82) is 0 Å². The summed E-state index contributed by atoms with van der Waals surface area (Å²) >= 11 is 5.06. The second-order valence-electron chi connectivity index (χ2n) is 5.56. The lowest BCUT2D eigenvalue weighted by atomic mass is 10.1. The maximum atomic E-state index is 12.2. The molecule has 1 atom stereocenters. The molecule has 1 aliphatic rings. The molecule has 1 amide bonds. The van der Waals surface area contributed by atoms with Crippen LogP contribution in [0.5, 0.6) is 0 Å². The van der Waals surface area contributed by atoms with Crippen LogP contribution in [0.4, 0.5) is 0 Å². The van der Waals surface area contributed by atoms with E-state index in [1.807, 2.05) is 12.1 Å². The first-order valence-corrected chi connectivity index (χ1v) is 9.17. The number of benzene rings is 2. The van der Waals surface area contributed by atoms with E-state index in [2.05, 4.69) is 58.5 Å². The molecule has 2 aromatic carbocycles. The Morgan fingerprint density at radius 2 is 2.14 bits per heavy atom. The lowest BCUT2D eigenvalue weighted by Gasteiger charge is -2.14. The largest absolute Gasteiger partial charge is 0.349 e. The molecule has 114 valence electrons. The van der Waals surface area contributed by atoms with Gasteiger partial charge < -0.3 is 5.32 Å². The van der Waals surface area contributed by atoms with Crippen molar-refractivity contribution in [1.82, 2.24) is 5.32 Å². The fourth-order valence-corrected chi connectivity index (χ4v) is 4.16. The number of carbonyl (C=O) groups is 1. The lowest BCUT2D eigenvalue weighted by molar-refractivity contribution is -0.119. The van der Waals surface area contributed by atoms with Crippen LogP contribution in [0.15, 0.2) is 51.8 Å². The van der Waals surface area contributed by atoms with Crippen molar-refractivity contribution in [2.75, 3.05) is 5.75 Å². The molecule has 0 saturated heterocycles. The Morgan fingerprint density at radius 1 is 1.32 bits per heavy atom. The predicted molar refractivity (Wildman–Crippen MR) is 95.2 cm³/mol. The number of fused-ring (bicyclic) bond motifs is 1. The summed E-state index contributed by atoms with van der Waals surface area (Å²) in [6.07, 6.45) is 2.06. The van der Waals surface area contributed by atoms with Crippen LogP contribution in [-0.4, -0.2) is 11.7 Å². The van der Waals surface area contributed by atoms with E-state index < -0.39 is 0 Å². The van der Waals surface area contributed by atoms with Gasteiger partial charge in [0.2, 0.25) is 5.91 Å². The summed E-state index contributed by atoms with van der Waals surface area (Å²) in [5.74, 6) is 0.565. The van der Waals surface area contributed by atoms with Gasteiger partial charge in [-0.1, -0.05) is 40.2 Å². The van der Waals surface area contributed by atoms with Crippen LogP contribution in [0.3, 0.4) is 0 Å². The second kappa shape index (κ2) is 6.88. The molecule has 2 aromatic rings. The summed E-state index contributed by atoms with van der Waals surface area (Å²) in [5.41, 5.74) is 3.84. The molecule has 0 aromatic heterocycles. The smallest absolute Gasteiger partial charge is 0.230 e. The van der Waals surface area contributed by atoms with Gasteiger partial charge in [-0.2, -0.15) is 0 Å². The van der Waals surface area contributed by atoms with Crippen molar-refractivity contribution in [3.8, 4) is 0 Å². The fourth-order valence-electron chi connectivity index (χ4n) is 2.86. The molecule has 1 N–H and O–H groups in total. The Bertz CT molecular complexity index is 701. The molecule has 0 spiro atoms. The van der Waals surface area contributed by atoms with Gasteiger partial charge in [-0.15, -0.1) is 11.8 Å². The van der Waals surface area contributed by atoms with E-state index in [9.17, 15) is 4.79 Å². The van der Waals surface area contributed by atoms with Crippen molar-refractivity contribution in [2.24, 2.45) is 0 Å². The van der Waals surface area contributed by atoms with Crippen molar-refractivity contribution in [3.63, 3.8) is 0 Å². The van der Waals surface area contributed by atoms with E-state index in [0.717, 1.165) is 22.2 Å². The standard InChI is InChI=1S/C18H18BrNOS/c1-12-10-14(19)7-9-17(12)22-11-18(21)20-16-8-6-13-4-2-3-5-15(13)16/h2-5,7,9-10,16H,6,8,11H2,1H3,(H,20,21). The first-order valence-electron chi connectivity index (χ1n) is 7.39. The van der Waals surface area contributed by atoms with Crippen molar-refractivity contribution >= 4 is 33.6 Å². The molecule has 0 radical (unpaired) electrons. The highest BCUT2D eigenvalue weighted by Gasteiger charge is 2.23. The number of hydrogen-bond donors (Lipinski definition) is 1. The van der Waals surface area contributed by atoms with Crippen LogP contribution in [0.25, 0.3) is 0 Å². The summed E-state index contributed by atoms with van der Waals surface area (Å²) in [4.78, 5) is 13.4. The van der Waals surface area contributed by atoms with Gasteiger partial charge in [-0.25, -0.2) is 0 Å². The fraction of sp³-hybridized carbons (Fsp3) is 0.278. The Kier molecular flexibility index (Phi) is 4.89. The molecular formula is C18H18BrNOS. The van der Waals surface area contributed by atoms with Crippen LogP contribution in [0.2, 0.25) is 0 Å². The third-order valence-electron chi connectivity index (χ3n) is 3.96. The molecule has 0 aliphatic heterocycles. The predicted octanol–water partition coefficient (Wildman–Crippen LogP) is 4.65.